The SMILES string of the molecule is CC1Oc2cc(Br)c(F)cc2C1N. The molecule has 70 valence electrons. The second-order valence-electron chi connectivity index (χ2n) is 3.15. The number of halogens is 2. The Morgan fingerprint density at radius 1 is 1.54 bits per heavy atom. The first kappa shape index (κ1) is 8.97. The Morgan fingerprint density at radius 3 is 2.92 bits per heavy atom. The molecule has 0 saturated heterocycles. The molecule has 1 aromatic carbocycles. The van der Waals surface area contributed by atoms with Crippen LogP contribution in [0.1, 0.15) is 18.5 Å². The predicted molar refractivity (Wildman–Crippen MR) is 51.1 cm³/mol. The minimum atomic E-state index is -0.299. The van der Waals surface area contributed by atoms with E-state index in [4.69, 9.17) is 10.5 Å². The largest absolute Gasteiger partial charge is 0.488 e. The van der Waals surface area contributed by atoms with Crippen molar-refractivity contribution in [1.82, 2.24) is 0 Å². The fourth-order valence-corrected chi connectivity index (χ4v) is 1.76. The molecule has 2 nitrogen and oxygen atoms in total. The van der Waals surface area contributed by atoms with Crippen molar-refractivity contribution in [1.29, 1.82) is 0 Å². The van der Waals surface area contributed by atoms with Crippen LogP contribution in [0.15, 0.2) is 16.6 Å². The third-order valence-corrected chi connectivity index (χ3v) is 2.84. The third kappa shape index (κ3) is 1.34. The highest BCUT2D eigenvalue weighted by molar-refractivity contribution is 9.10. The molecular formula is C9H9BrFNO. The normalized spacial score (nSPS) is 25.5. The third-order valence-electron chi connectivity index (χ3n) is 2.23. The molecule has 0 amide bonds. The molecule has 1 aromatic rings. The summed E-state index contributed by atoms with van der Waals surface area (Å²) < 4.78 is 19.0. The van der Waals surface area contributed by atoms with Crippen molar-refractivity contribution < 1.29 is 9.13 Å². The van der Waals surface area contributed by atoms with Gasteiger partial charge in [0, 0.05) is 5.56 Å². The van der Waals surface area contributed by atoms with Gasteiger partial charge in [-0.25, -0.2) is 4.39 Å². The second-order valence-corrected chi connectivity index (χ2v) is 4.01. The van der Waals surface area contributed by atoms with Crippen LogP contribution in [0.25, 0.3) is 0 Å². The number of rotatable bonds is 0. The number of benzene rings is 1. The van der Waals surface area contributed by atoms with E-state index in [2.05, 4.69) is 15.9 Å². The van der Waals surface area contributed by atoms with E-state index in [1.54, 1.807) is 6.07 Å². The fraction of sp³-hybridized carbons (Fsp3) is 0.333. The van der Waals surface area contributed by atoms with Gasteiger partial charge in [-0.1, -0.05) is 0 Å². The number of nitrogens with two attached hydrogens (primary N) is 1. The summed E-state index contributed by atoms with van der Waals surface area (Å²) >= 11 is 3.09. The van der Waals surface area contributed by atoms with Gasteiger partial charge < -0.3 is 10.5 Å². The van der Waals surface area contributed by atoms with Crippen LogP contribution in [0.5, 0.6) is 5.75 Å². The van der Waals surface area contributed by atoms with Gasteiger partial charge in [0.05, 0.1) is 10.5 Å². The molecule has 13 heavy (non-hydrogen) atoms. The molecule has 0 bridgehead atoms. The average molecular weight is 246 g/mol. The molecule has 0 aliphatic carbocycles. The Kier molecular flexibility index (Phi) is 2.04. The van der Waals surface area contributed by atoms with Crippen LogP contribution in [0.2, 0.25) is 0 Å². The van der Waals surface area contributed by atoms with E-state index in [1.165, 1.54) is 6.07 Å². The summed E-state index contributed by atoms with van der Waals surface area (Å²) in [6.07, 6.45) is -0.0799. The number of fused-ring (bicyclic) bond motifs is 1. The maximum atomic E-state index is 13.1. The first-order valence-corrected chi connectivity index (χ1v) is 4.80. The number of hydrogen-bond donors (Lipinski definition) is 1. The van der Waals surface area contributed by atoms with Crippen LogP contribution >= 0.6 is 15.9 Å². The van der Waals surface area contributed by atoms with Gasteiger partial charge in [-0.15, -0.1) is 0 Å². The standard InChI is InChI=1S/C9H9BrFNO/c1-4-9(12)5-2-7(11)6(10)3-8(5)13-4/h2-4,9H,12H2,1H3. The smallest absolute Gasteiger partial charge is 0.137 e. The van der Waals surface area contributed by atoms with Gasteiger partial charge in [0.15, 0.2) is 0 Å². The minimum Gasteiger partial charge on any atom is -0.488 e. The molecule has 0 saturated carbocycles. The van der Waals surface area contributed by atoms with E-state index in [-0.39, 0.29) is 18.0 Å². The summed E-state index contributed by atoms with van der Waals surface area (Å²) in [7, 11) is 0. The van der Waals surface area contributed by atoms with Crippen molar-refractivity contribution in [2.24, 2.45) is 5.73 Å². The molecular weight excluding hydrogens is 237 g/mol. The van der Waals surface area contributed by atoms with Gasteiger partial charge in [0.25, 0.3) is 0 Å². The van der Waals surface area contributed by atoms with Crippen LogP contribution in [-0.4, -0.2) is 6.10 Å². The van der Waals surface area contributed by atoms with Crippen LogP contribution in [0.3, 0.4) is 0 Å². The summed E-state index contributed by atoms with van der Waals surface area (Å²) in [5.74, 6) is 0.375. The van der Waals surface area contributed by atoms with E-state index in [9.17, 15) is 4.39 Å². The summed E-state index contributed by atoms with van der Waals surface area (Å²) in [4.78, 5) is 0. The van der Waals surface area contributed by atoms with Crippen molar-refractivity contribution >= 4 is 15.9 Å². The summed E-state index contributed by atoms with van der Waals surface area (Å²) in [5.41, 5.74) is 6.55. The zero-order chi connectivity index (χ0) is 9.59. The molecule has 2 N–H and O–H groups in total. The van der Waals surface area contributed by atoms with Gasteiger partial charge in [-0.2, -0.15) is 0 Å². The second kappa shape index (κ2) is 2.96. The van der Waals surface area contributed by atoms with Crippen molar-refractivity contribution in [3.63, 3.8) is 0 Å². The molecule has 2 atom stereocenters. The van der Waals surface area contributed by atoms with Crippen molar-refractivity contribution in [2.75, 3.05) is 0 Å². The van der Waals surface area contributed by atoms with Crippen LogP contribution < -0.4 is 10.5 Å². The molecule has 1 heterocycles. The van der Waals surface area contributed by atoms with E-state index >= 15 is 0 Å². The minimum absolute atomic E-state index is 0.0799. The Bertz CT molecular complexity index is 356. The number of ether oxygens (including phenoxy) is 1. The zero-order valence-corrected chi connectivity index (χ0v) is 8.64. The first-order valence-electron chi connectivity index (χ1n) is 4.01. The van der Waals surface area contributed by atoms with Crippen molar-refractivity contribution in [3.8, 4) is 5.75 Å². The van der Waals surface area contributed by atoms with E-state index in [1.807, 2.05) is 6.92 Å². The fourth-order valence-electron chi connectivity index (χ4n) is 1.43. The van der Waals surface area contributed by atoms with E-state index < -0.39 is 0 Å². The van der Waals surface area contributed by atoms with Crippen LogP contribution in [0.4, 0.5) is 4.39 Å². The summed E-state index contributed by atoms with van der Waals surface area (Å²) in [6, 6.07) is 2.82. The number of hydrogen-bond acceptors (Lipinski definition) is 2. The van der Waals surface area contributed by atoms with Crippen molar-refractivity contribution in [2.45, 2.75) is 19.1 Å². The lowest BCUT2D eigenvalue weighted by Crippen LogP contribution is -2.21. The lowest BCUT2D eigenvalue weighted by atomic mass is 10.1. The van der Waals surface area contributed by atoms with E-state index in [0.29, 0.717) is 10.2 Å². The molecule has 0 aromatic heterocycles. The summed E-state index contributed by atoms with van der Waals surface area (Å²) in [5, 5.41) is 0. The molecule has 0 radical (unpaired) electrons. The Labute approximate surface area is 84.0 Å². The molecule has 2 rings (SSSR count). The van der Waals surface area contributed by atoms with Gasteiger partial charge in [-0.3, -0.25) is 0 Å². The Hall–Kier alpha value is -0.610. The van der Waals surface area contributed by atoms with Crippen molar-refractivity contribution in [3.05, 3.63) is 28.0 Å². The van der Waals surface area contributed by atoms with Crippen LogP contribution in [0, 0.1) is 5.82 Å². The lowest BCUT2D eigenvalue weighted by molar-refractivity contribution is 0.228. The maximum Gasteiger partial charge on any atom is 0.137 e. The lowest BCUT2D eigenvalue weighted by Gasteiger charge is -2.07. The molecule has 1 aliphatic heterocycles. The highest BCUT2D eigenvalue weighted by Gasteiger charge is 2.29. The molecule has 1 aliphatic rings. The maximum absolute atomic E-state index is 13.1. The van der Waals surface area contributed by atoms with E-state index in [0.717, 1.165) is 5.56 Å². The molecule has 0 spiro atoms. The predicted octanol–water partition coefficient (Wildman–Crippen LogP) is 2.37. The average Bonchev–Trinajstić information content (AvgIpc) is 2.32. The van der Waals surface area contributed by atoms with Gasteiger partial charge >= 0.3 is 0 Å². The molecule has 0 fully saturated rings. The zero-order valence-electron chi connectivity index (χ0n) is 7.05. The Morgan fingerprint density at radius 2 is 2.23 bits per heavy atom. The first-order chi connectivity index (χ1) is 6.09. The van der Waals surface area contributed by atoms with Crippen LogP contribution in [-0.2, 0) is 0 Å². The molecule has 2 unspecified atom stereocenters. The monoisotopic (exact) mass is 245 g/mol. The highest BCUT2D eigenvalue weighted by atomic mass is 79.9. The summed E-state index contributed by atoms with van der Waals surface area (Å²) in [6.45, 7) is 1.87. The van der Waals surface area contributed by atoms with Gasteiger partial charge in [0.1, 0.15) is 17.7 Å². The highest BCUT2D eigenvalue weighted by Crippen LogP contribution is 2.37. The topological polar surface area (TPSA) is 35.2 Å². The quantitative estimate of drug-likeness (QED) is 0.762. The molecule has 4 heteroatoms. The Balaban J connectivity index is 2.53. The van der Waals surface area contributed by atoms with Gasteiger partial charge in [0.2, 0.25) is 0 Å². The van der Waals surface area contributed by atoms with Gasteiger partial charge in [-0.05, 0) is 35.0 Å².